The Balaban J connectivity index is 1.95. The molecule has 1 amide bonds. The van der Waals surface area contributed by atoms with Gasteiger partial charge in [-0.2, -0.15) is 5.26 Å². The molecule has 5 heteroatoms. The number of amides is 1. The molecule has 1 aromatic heterocycles. The van der Waals surface area contributed by atoms with Crippen molar-refractivity contribution >= 4 is 34.2 Å². The topological polar surface area (TPSA) is 66.0 Å². The number of carbonyl (C=O) groups is 1. The lowest BCUT2D eigenvalue weighted by molar-refractivity contribution is 0.102. The number of halogens is 1. The van der Waals surface area contributed by atoms with Crippen molar-refractivity contribution in [3.8, 4) is 6.07 Å². The minimum absolute atomic E-state index is 0.336. The van der Waals surface area contributed by atoms with Gasteiger partial charge >= 0.3 is 0 Å². The van der Waals surface area contributed by atoms with Crippen LogP contribution in [-0.4, -0.2) is 5.91 Å². The standard InChI is InChI=1S/C16H9ClN2O2/c17-13-6-5-10(8-18)7-14(13)19-16(20)12-9-21-15-4-2-1-3-11(12)15/h1-7,9H,(H,19,20). The number of fused-ring (bicyclic) bond motifs is 1. The second-order valence-electron chi connectivity index (χ2n) is 4.41. The first kappa shape index (κ1) is 13.2. The van der Waals surface area contributed by atoms with Gasteiger partial charge in [0.1, 0.15) is 11.8 Å². The van der Waals surface area contributed by atoms with Gasteiger partial charge in [0.05, 0.1) is 27.9 Å². The second-order valence-corrected chi connectivity index (χ2v) is 4.81. The highest BCUT2D eigenvalue weighted by molar-refractivity contribution is 6.34. The highest BCUT2D eigenvalue weighted by Crippen LogP contribution is 2.26. The molecule has 0 aliphatic rings. The number of rotatable bonds is 2. The van der Waals surface area contributed by atoms with Gasteiger partial charge in [-0.05, 0) is 24.3 Å². The Morgan fingerprint density at radius 2 is 2.05 bits per heavy atom. The number of carbonyl (C=O) groups excluding carboxylic acids is 1. The first-order valence-corrected chi connectivity index (χ1v) is 6.54. The van der Waals surface area contributed by atoms with Crippen molar-refractivity contribution in [1.29, 1.82) is 5.26 Å². The summed E-state index contributed by atoms with van der Waals surface area (Å²) >= 11 is 6.03. The summed E-state index contributed by atoms with van der Waals surface area (Å²) in [6.45, 7) is 0. The maximum absolute atomic E-state index is 12.3. The van der Waals surface area contributed by atoms with Gasteiger partial charge in [-0.25, -0.2) is 0 Å². The number of nitriles is 1. The van der Waals surface area contributed by atoms with Crippen LogP contribution in [0.4, 0.5) is 5.69 Å². The van der Waals surface area contributed by atoms with E-state index in [1.165, 1.54) is 12.3 Å². The van der Waals surface area contributed by atoms with Crippen LogP contribution in [-0.2, 0) is 0 Å². The number of nitrogens with zero attached hydrogens (tertiary/aromatic N) is 1. The molecule has 4 nitrogen and oxygen atoms in total. The Kier molecular flexibility index (Phi) is 3.35. The SMILES string of the molecule is N#Cc1ccc(Cl)c(NC(=O)c2coc3ccccc23)c1. The molecule has 102 valence electrons. The molecule has 21 heavy (non-hydrogen) atoms. The lowest BCUT2D eigenvalue weighted by Gasteiger charge is -2.06. The van der Waals surface area contributed by atoms with Gasteiger partial charge in [0, 0.05) is 5.39 Å². The van der Waals surface area contributed by atoms with Crippen molar-refractivity contribution in [2.24, 2.45) is 0 Å². The molecule has 0 bridgehead atoms. The summed E-state index contributed by atoms with van der Waals surface area (Å²) in [4.78, 5) is 12.3. The van der Waals surface area contributed by atoms with Crippen LogP contribution < -0.4 is 5.32 Å². The number of anilines is 1. The molecule has 0 unspecified atom stereocenters. The molecule has 2 aromatic carbocycles. The average Bonchev–Trinajstić information content (AvgIpc) is 2.93. The minimum atomic E-state index is -0.336. The third-order valence-electron chi connectivity index (χ3n) is 3.07. The van der Waals surface area contributed by atoms with E-state index in [0.717, 1.165) is 5.39 Å². The molecule has 0 aliphatic carbocycles. The zero-order valence-corrected chi connectivity index (χ0v) is 11.5. The molecular formula is C16H9ClN2O2. The summed E-state index contributed by atoms with van der Waals surface area (Å²) in [5.74, 6) is -0.336. The van der Waals surface area contributed by atoms with E-state index in [4.69, 9.17) is 21.3 Å². The summed E-state index contributed by atoms with van der Waals surface area (Å²) in [5.41, 5.74) is 1.88. The van der Waals surface area contributed by atoms with Gasteiger partial charge in [-0.3, -0.25) is 4.79 Å². The number of hydrogen-bond donors (Lipinski definition) is 1. The summed E-state index contributed by atoms with van der Waals surface area (Å²) in [6.07, 6.45) is 1.40. The van der Waals surface area contributed by atoms with E-state index >= 15 is 0 Å². The number of furan rings is 1. The molecule has 3 rings (SSSR count). The third-order valence-corrected chi connectivity index (χ3v) is 3.40. The first-order chi connectivity index (χ1) is 10.2. The first-order valence-electron chi connectivity index (χ1n) is 6.16. The summed E-state index contributed by atoms with van der Waals surface area (Å²) in [5, 5.41) is 12.7. The fourth-order valence-electron chi connectivity index (χ4n) is 2.03. The van der Waals surface area contributed by atoms with Crippen LogP contribution in [0.5, 0.6) is 0 Å². The van der Waals surface area contributed by atoms with Crippen LogP contribution in [0.1, 0.15) is 15.9 Å². The third kappa shape index (κ3) is 2.47. The normalized spacial score (nSPS) is 10.3. The molecule has 0 spiro atoms. The number of para-hydroxylation sites is 1. The molecule has 0 radical (unpaired) electrons. The molecule has 0 saturated heterocycles. The van der Waals surface area contributed by atoms with E-state index < -0.39 is 0 Å². The molecule has 3 aromatic rings. The van der Waals surface area contributed by atoms with Gasteiger partial charge in [-0.1, -0.05) is 29.8 Å². The van der Waals surface area contributed by atoms with Crippen molar-refractivity contribution in [3.05, 3.63) is 64.9 Å². The fourth-order valence-corrected chi connectivity index (χ4v) is 2.20. The molecule has 0 fully saturated rings. The molecule has 1 heterocycles. The lowest BCUT2D eigenvalue weighted by atomic mass is 10.1. The highest BCUT2D eigenvalue weighted by atomic mass is 35.5. The Labute approximate surface area is 125 Å². The molecule has 0 aliphatic heterocycles. The predicted molar refractivity (Wildman–Crippen MR) is 80.3 cm³/mol. The van der Waals surface area contributed by atoms with Crippen molar-refractivity contribution in [2.45, 2.75) is 0 Å². The fraction of sp³-hybridized carbons (Fsp3) is 0. The van der Waals surface area contributed by atoms with E-state index in [1.54, 1.807) is 24.3 Å². The Morgan fingerprint density at radius 1 is 1.24 bits per heavy atom. The lowest BCUT2D eigenvalue weighted by Crippen LogP contribution is -2.11. The molecule has 0 atom stereocenters. The van der Waals surface area contributed by atoms with E-state index in [9.17, 15) is 4.79 Å². The van der Waals surface area contributed by atoms with Crippen molar-refractivity contribution in [2.75, 3.05) is 5.32 Å². The van der Waals surface area contributed by atoms with Crippen molar-refractivity contribution in [1.82, 2.24) is 0 Å². The summed E-state index contributed by atoms with van der Waals surface area (Å²) in [7, 11) is 0. The summed E-state index contributed by atoms with van der Waals surface area (Å²) in [6, 6.07) is 14.0. The largest absolute Gasteiger partial charge is 0.463 e. The van der Waals surface area contributed by atoms with Gasteiger partial charge in [0.2, 0.25) is 0 Å². The quantitative estimate of drug-likeness (QED) is 0.770. The van der Waals surface area contributed by atoms with Crippen LogP contribution in [0.15, 0.2) is 53.1 Å². The van der Waals surface area contributed by atoms with Crippen LogP contribution in [0.25, 0.3) is 11.0 Å². The Bertz CT molecular complexity index is 877. The average molecular weight is 297 g/mol. The van der Waals surface area contributed by atoms with Gasteiger partial charge < -0.3 is 9.73 Å². The summed E-state index contributed by atoms with van der Waals surface area (Å²) < 4.78 is 5.34. The van der Waals surface area contributed by atoms with Gasteiger partial charge in [0.25, 0.3) is 5.91 Å². The Morgan fingerprint density at radius 3 is 2.86 bits per heavy atom. The van der Waals surface area contributed by atoms with E-state index in [-0.39, 0.29) is 5.91 Å². The molecular weight excluding hydrogens is 288 g/mol. The van der Waals surface area contributed by atoms with Crippen LogP contribution in [0, 0.1) is 11.3 Å². The van der Waals surface area contributed by atoms with Gasteiger partial charge in [-0.15, -0.1) is 0 Å². The van der Waals surface area contributed by atoms with Crippen LogP contribution in [0.2, 0.25) is 5.02 Å². The zero-order valence-electron chi connectivity index (χ0n) is 10.8. The molecule has 0 saturated carbocycles. The second kappa shape index (κ2) is 5.31. The number of nitrogens with one attached hydrogen (secondary N) is 1. The zero-order chi connectivity index (χ0) is 14.8. The van der Waals surface area contributed by atoms with Crippen molar-refractivity contribution in [3.63, 3.8) is 0 Å². The minimum Gasteiger partial charge on any atom is -0.463 e. The van der Waals surface area contributed by atoms with E-state index in [1.807, 2.05) is 18.2 Å². The smallest absolute Gasteiger partial charge is 0.259 e. The van der Waals surface area contributed by atoms with Crippen LogP contribution >= 0.6 is 11.6 Å². The van der Waals surface area contributed by atoms with Crippen LogP contribution in [0.3, 0.4) is 0 Å². The van der Waals surface area contributed by atoms with Gasteiger partial charge in [0.15, 0.2) is 0 Å². The number of hydrogen-bond acceptors (Lipinski definition) is 3. The maximum Gasteiger partial charge on any atom is 0.259 e. The molecule has 1 N–H and O–H groups in total. The monoisotopic (exact) mass is 296 g/mol. The Hall–Kier alpha value is -2.77. The number of benzene rings is 2. The highest BCUT2D eigenvalue weighted by Gasteiger charge is 2.15. The predicted octanol–water partition coefficient (Wildman–Crippen LogP) is 4.21. The maximum atomic E-state index is 12.3. The van der Waals surface area contributed by atoms with E-state index in [2.05, 4.69) is 5.32 Å². The van der Waals surface area contributed by atoms with E-state index in [0.29, 0.717) is 27.4 Å². The van der Waals surface area contributed by atoms with Crippen molar-refractivity contribution < 1.29 is 9.21 Å².